The third-order valence-corrected chi connectivity index (χ3v) is 2.37. The van der Waals surface area contributed by atoms with Crippen LogP contribution >= 0.6 is 0 Å². The van der Waals surface area contributed by atoms with Gasteiger partial charge in [-0.2, -0.15) is 5.10 Å². The van der Waals surface area contributed by atoms with Gasteiger partial charge in [0.15, 0.2) is 5.78 Å². The molecule has 90 valence electrons. The second kappa shape index (κ2) is 4.40. The average molecular weight is 222 g/mol. The Hall–Kier alpha value is -1.12. The fraction of sp³-hybridized carbons (Fsp3) is 0.692. The number of rotatable bonds is 3. The van der Waals surface area contributed by atoms with Crippen LogP contribution in [0.5, 0.6) is 0 Å². The van der Waals surface area contributed by atoms with Crippen LogP contribution in [0.1, 0.15) is 57.7 Å². The Morgan fingerprint density at radius 2 is 2.00 bits per heavy atom. The Bertz CT molecular complexity index is 383. The van der Waals surface area contributed by atoms with Crippen molar-refractivity contribution >= 4 is 5.78 Å². The maximum absolute atomic E-state index is 11.6. The summed E-state index contributed by atoms with van der Waals surface area (Å²) in [5, 5.41) is 4.54. The molecule has 1 aromatic heterocycles. The van der Waals surface area contributed by atoms with E-state index in [9.17, 15) is 4.79 Å². The van der Waals surface area contributed by atoms with Crippen LogP contribution in [0.25, 0.3) is 0 Å². The summed E-state index contributed by atoms with van der Waals surface area (Å²) in [6, 6.07) is 1.92. The molecule has 0 saturated carbocycles. The lowest BCUT2D eigenvalue weighted by Crippen LogP contribution is -2.26. The molecule has 0 fully saturated rings. The number of carbonyl (C=O) groups excluding carboxylic acids is 1. The first-order chi connectivity index (χ1) is 7.21. The van der Waals surface area contributed by atoms with Crippen LogP contribution in [0.3, 0.4) is 0 Å². The SMILES string of the molecule is CC(=O)c1cc(CC(C)C)nn1C(C)(C)C. The van der Waals surface area contributed by atoms with Crippen molar-refractivity contribution in [3.8, 4) is 0 Å². The van der Waals surface area contributed by atoms with Crippen LogP contribution in [-0.4, -0.2) is 15.6 Å². The molecule has 0 unspecified atom stereocenters. The van der Waals surface area contributed by atoms with Crippen molar-refractivity contribution in [2.45, 2.75) is 53.5 Å². The second-order valence-corrected chi connectivity index (χ2v) is 5.76. The normalized spacial score (nSPS) is 12.2. The quantitative estimate of drug-likeness (QED) is 0.737. The van der Waals surface area contributed by atoms with Gasteiger partial charge < -0.3 is 0 Å². The molecule has 1 aromatic rings. The average Bonchev–Trinajstić information content (AvgIpc) is 2.45. The summed E-state index contributed by atoms with van der Waals surface area (Å²) >= 11 is 0. The number of hydrogen-bond donors (Lipinski definition) is 0. The molecular formula is C13H22N2O. The molecule has 0 saturated heterocycles. The molecule has 16 heavy (non-hydrogen) atoms. The third kappa shape index (κ3) is 2.94. The fourth-order valence-corrected chi connectivity index (χ4v) is 1.71. The van der Waals surface area contributed by atoms with Crippen LogP contribution < -0.4 is 0 Å². The molecule has 3 heteroatoms. The van der Waals surface area contributed by atoms with Gasteiger partial charge in [-0.05, 0) is 39.2 Å². The van der Waals surface area contributed by atoms with Gasteiger partial charge >= 0.3 is 0 Å². The molecule has 0 N–H and O–H groups in total. The molecule has 0 bridgehead atoms. The van der Waals surface area contributed by atoms with E-state index >= 15 is 0 Å². The van der Waals surface area contributed by atoms with E-state index in [1.807, 2.05) is 10.7 Å². The van der Waals surface area contributed by atoms with Gasteiger partial charge in [-0.25, -0.2) is 0 Å². The standard InChI is InChI=1S/C13H22N2O/c1-9(2)7-11-8-12(10(3)16)15(14-11)13(4,5)6/h8-9H,7H2,1-6H3. The van der Waals surface area contributed by atoms with E-state index in [4.69, 9.17) is 0 Å². The molecule has 0 aromatic carbocycles. The minimum absolute atomic E-state index is 0.0810. The van der Waals surface area contributed by atoms with Gasteiger partial charge in [0.2, 0.25) is 0 Å². The number of ketones is 1. The monoisotopic (exact) mass is 222 g/mol. The summed E-state index contributed by atoms with van der Waals surface area (Å²) in [5.41, 5.74) is 1.58. The van der Waals surface area contributed by atoms with Gasteiger partial charge in [0.1, 0.15) is 5.69 Å². The van der Waals surface area contributed by atoms with Gasteiger partial charge in [0, 0.05) is 6.92 Å². The lowest BCUT2D eigenvalue weighted by molar-refractivity contribution is 0.0996. The Balaban J connectivity index is 3.16. The Morgan fingerprint density at radius 3 is 2.31 bits per heavy atom. The van der Waals surface area contributed by atoms with E-state index in [2.05, 4.69) is 39.7 Å². The highest BCUT2D eigenvalue weighted by atomic mass is 16.1. The zero-order valence-electron chi connectivity index (χ0n) is 11.2. The number of Topliss-reactive ketones (excluding diaryl/α,β-unsaturated/α-hetero) is 1. The van der Waals surface area contributed by atoms with E-state index in [1.165, 1.54) is 0 Å². The largest absolute Gasteiger partial charge is 0.293 e. The summed E-state index contributed by atoms with van der Waals surface area (Å²) in [6.45, 7) is 12.1. The fourth-order valence-electron chi connectivity index (χ4n) is 1.71. The lowest BCUT2D eigenvalue weighted by Gasteiger charge is -2.21. The van der Waals surface area contributed by atoms with Crippen molar-refractivity contribution in [2.75, 3.05) is 0 Å². The van der Waals surface area contributed by atoms with Gasteiger partial charge in [-0.15, -0.1) is 0 Å². The van der Waals surface area contributed by atoms with E-state index in [-0.39, 0.29) is 11.3 Å². The van der Waals surface area contributed by atoms with Crippen LogP contribution in [0, 0.1) is 5.92 Å². The molecule has 0 aliphatic carbocycles. The Kier molecular flexibility index (Phi) is 3.56. The Labute approximate surface area is 97.8 Å². The molecule has 0 aliphatic rings. The predicted octanol–water partition coefficient (Wildman–Crippen LogP) is 3.04. The topological polar surface area (TPSA) is 34.9 Å². The van der Waals surface area contributed by atoms with E-state index in [0.717, 1.165) is 12.1 Å². The van der Waals surface area contributed by atoms with E-state index in [0.29, 0.717) is 11.6 Å². The molecule has 1 rings (SSSR count). The number of carbonyl (C=O) groups is 1. The second-order valence-electron chi connectivity index (χ2n) is 5.76. The molecule has 3 nitrogen and oxygen atoms in total. The summed E-state index contributed by atoms with van der Waals surface area (Å²) in [5.74, 6) is 0.639. The number of aromatic nitrogens is 2. The Morgan fingerprint density at radius 1 is 1.44 bits per heavy atom. The van der Waals surface area contributed by atoms with Gasteiger partial charge in [-0.3, -0.25) is 9.48 Å². The molecule has 0 aliphatic heterocycles. The first kappa shape index (κ1) is 12.9. The first-order valence-corrected chi connectivity index (χ1v) is 5.82. The summed E-state index contributed by atoms with van der Waals surface area (Å²) in [7, 11) is 0. The molecule has 0 radical (unpaired) electrons. The predicted molar refractivity (Wildman–Crippen MR) is 65.8 cm³/mol. The maximum atomic E-state index is 11.6. The van der Waals surface area contributed by atoms with Crippen molar-refractivity contribution in [1.82, 2.24) is 9.78 Å². The molecule has 0 amide bonds. The minimum atomic E-state index is -0.143. The van der Waals surface area contributed by atoms with Crippen LogP contribution in [0.15, 0.2) is 6.07 Å². The minimum Gasteiger partial charge on any atom is -0.293 e. The third-order valence-electron chi connectivity index (χ3n) is 2.37. The van der Waals surface area contributed by atoms with Crippen molar-refractivity contribution in [3.05, 3.63) is 17.5 Å². The summed E-state index contributed by atoms with van der Waals surface area (Å²) < 4.78 is 1.84. The first-order valence-electron chi connectivity index (χ1n) is 5.82. The summed E-state index contributed by atoms with van der Waals surface area (Å²) in [6.07, 6.45) is 0.920. The molecule has 0 atom stereocenters. The van der Waals surface area contributed by atoms with Crippen LogP contribution in [0.4, 0.5) is 0 Å². The highest BCUT2D eigenvalue weighted by Crippen LogP contribution is 2.19. The lowest BCUT2D eigenvalue weighted by atomic mass is 10.1. The smallest absolute Gasteiger partial charge is 0.177 e. The molecular weight excluding hydrogens is 200 g/mol. The highest BCUT2D eigenvalue weighted by molar-refractivity contribution is 5.92. The van der Waals surface area contributed by atoms with Gasteiger partial charge in [0.25, 0.3) is 0 Å². The maximum Gasteiger partial charge on any atom is 0.177 e. The van der Waals surface area contributed by atoms with Crippen molar-refractivity contribution < 1.29 is 4.79 Å². The number of nitrogens with zero attached hydrogens (tertiary/aromatic N) is 2. The van der Waals surface area contributed by atoms with Crippen LogP contribution in [0.2, 0.25) is 0 Å². The van der Waals surface area contributed by atoms with Crippen molar-refractivity contribution in [2.24, 2.45) is 5.92 Å². The highest BCUT2D eigenvalue weighted by Gasteiger charge is 2.21. The zero-order chi connectivity index (χ0) is 12.5. The van der Waals surface area contributed by atoms with Crippen molar-refractivity contribution in [1.29, 1.82) is 0 Å². The van der Waals surface area contributed by atoms with Gasteiger partial charge in [-0.1, -0.05) is 13.8 Å². The number of hydrogen-bond acceptors (Lipinski definition) is 2. The van der Waals surface area contributed by atoms with Crippen LogP contribution in [-0.2, 0) is 12.0 Å². The van der Waals surface area contributed by atoms with E-state index < -0.39 is 0 Å². The molecule has 0 spiro atoms. The van der Waals surface area contributed by atoms with Gasteiger partial charge in [0.05, 0.1) is 11.2 Å². The summed E-state index contributed by atoms with van der Waals surface area (Å²) in [4.78, 5) is 11.6. The van der Waals surface area contributed by atoms with Crippen molar-refractivity contribution in [3.63, 3.8) is 0 Å². The van der Waals surface area contributed by atoms with E-state index in [1.54, 1.807) is 6.92 Å². The zero-order valence-corrected chi connectivity index (χ0v) is 11.2. The molecule has 1 heterocycles.